The minimum absolute atomic E-state index is 0.0718. The fraction of sp³-hybridized carbons (Fsp3) is 0.375. The van der Waals surface area contributed by atoms with Crippen molar-refractivity contribution in [3.63, 3.8) is 0 Å². The molecule has 2 amide bonds. The quantitative estimate of drug-likeness (QED) is 0.456. The Labute approximate surface area is 229 Å². The smallest absolute Gasteiger partial charge is 0.253 e. The normalized spacial score (nSPS) is 17.0. The van der Waals surface area contributed by atoms with Crippen molar-refractivity contribution in [2.45, 2.75) is 26.3 Å². The number of amides is 2. The van der Waals surface area contributed by atoms with Crippen LogP contribution in [-0.4, -0.2) is 74.7 Å². The van der Waals surface area contributed by atoms with Crippen molar-refractivity contribution in [1.82, 2.24) is 15.1 Å². The molecule has 7 heteroatoms. The third-order valence-corrected chi connectivity index (χ3v) is 7.93. The molecule has 1 atom stereocenters. The highest BCUT2D eigenvalue weighted by Crippen LogP contribution is 2.25. The molecule has 7 nitrogen and oxygen atoms in total. The third-order valence-electron chi connectivity index (χ3n) is 7.93. The summed E-state index contributed by atoms with van der Waals surface area (Å²) >= 11 is 0. The Morgan fingerprint density at radius 1 is 1.03 bits per heavy atom. The summed E-state index contributed by atoms with van der Waals surface area (Å²) < 4.78 is 10.4. The van der Waals surface area contributed by atoms with Crippen LogP contribution in [0.25, 0.3) is 23.0 Å². The van der Waals surface area contributed by atoms with Crippen molar-refractivity contribution < 1.29 is 19.1 Å². The van der Waals surface area contributed by atoms with Crippen molar-refractivity contribution in [1.29, 1.82) is 0 Å². The minimum Gasteiger partial charge on any atom is -0.497 e. The second kappa shape index (κ2) is 11.5. The predicted octanol–water partition coefficient (Wildman–Crippen LogP) is 2.92. The molecule has 2 heterocycles. The molecule has 5 rings (SSSR count). The van der Waals surface area contributed by atoms with Crippen molar-refractivity contribution in [2.24, 2.45) is 5.92 Å². The first-order chi connectivity index (χ1) is 18.9. The van der Waals surface area contributed by atoms with E-state index in [1.807, 2.05) is 60.4 Å². The number of ether oxygens (including phenoxy) is 2. The van der Waals surface area contributed by atoms with Crippen LogP contribution >= 0.6 is 0 Å². The summed E-state index contributed by atoms with van der Waals surface area (Å²) in [5, 5.41) is 7.28. The van der Waals surface area contributed by atoms with Crippen molar-refractivity contribution in [3.8, 4) is 5.75 Å². The number of nitrogens with one attached hydrogen (secondary N) is 1. The van der Waals surface area contributed by atoms with Gasteiger partial charge in [0.1, 0.15) is 5.75 Å². The largest absolute Gasteiger partial charge is 0.497 e. The number of benzene rings is 3. The average molecular weight is 528 g/mol. The average Bonchev–Trinajstić information content (AvgIpc) is 3.08. The fourth-order valence-corrected chi connectivity index (χ4v) is 5.48. The van der Waals surface area contributed by atoms with Crippen molar-refractivity contribution in [2.75, 3.05) is 47.0 Å². The van der Waals surface area contributed by atoms with Gasteiger partial charge in [-0.25, -0.2) is 0 Å². The lowest BCUT2D eigenvalue weighted by molar-refractivity contribution is 0.0441. The van der Waals surface area contributed by atoms with Gasteiger partial charge in [-0.3, -0.25) is 9.59 Å². The summed E-state index contributed by atoms with van der Waals surface area (Å²) in [7, 11) is 3.27. The zero-order chi connectivity index (χ0) is 27.5. The lowest BCUT2D eigenvalue weighted by Gasteiger charge is -2.42. The molecule has 1 N–H and O–H groups in total. The number of rotatable bonds is 8. The Morgan fingerprint density at radius 2 is 1.82 bits per heavy atom. The Morgan fingerprint density at radius 3 is 2.59 bits per heavy atom. The van der Waals surface area contributed by atoms with Crippen LogP contribution in [0.3, 0.4) is 0 Å². The Kier molecular flexibility index (Phi) is 7.89. The van der Waals surface area contributed by atoms with Gasteiger partial charge in [0.2, 0.25) is 0 Å². The molecule has 2 aliphatic heterocycles. The van der Waals surface area contributed by atoms with Crippen LogP contribution in [0.2, 0.25) is 0 Å². The van der Waals surface area contributed by atoms with E-state index in [1.165, 1.54) is 0 Å². The molecule has 0 bridgehead atoms. The second-order valence-electron chi connectivity index (χ2n) is 10.6. The molecule has 0 saturated carbocycles. The van der Waals surface area contributed by atoms with E-state index in [0.717, 1.165) is 58.6 Å². The molecule has 0 radical (unpaired) electrons. The third kappa shape index (κ3) is 5.64. The van der Waals surface area contributed by atoms with Gasteiger partial charge in [-0.15, -0.1) is 0 Å². The van der Waals surface area contributed by atoms with E-state index in [-0.39, 0.29) is 11.8 Å². The van der Waals surface area contributed by atoms with Crippen molar-refractivity contribution in [3.05, 3.63) is 75.7 Å². The molecule has 0 aromatic heterocycles. The number of fused-ring (bicyclic) bond motifs is 2. The molecule has 39 heavy (non-hydrogen) atoms. The molecule has 204 valence electrons. The minimum atomic E-state index is -0.0788. The van der Waals surface area contributed by atoms with Crippen LogP contribution in [0.1, 0.15) is 39.6 Å². The van der Waals surface area contributed by atoms with Crippen LogP contribution in [-0.2, 0) is 4.74 Å². The van der Waals surface area contributed by atoms with E-state index in [1.54, 1.807) is 14.2 Å². The van der Waals surface area contributed by atoms with E-state index in [0.29, 0.717) is 36.2 Å². The summed E-state index contributed by atoms with van der Waals surface area (Å²) in [5.41, 5.74) is 2.38. The summed E-state index contributed by atoms with van der Waals surface area (Å²) in [4.78, 5) is 30.3. The van der Waals surface area contributed by atoms with E-state index >= 15 is 0 Å². The monoisotopic (exact) mass is 527 g/mol. The van der Waals surface area contributed by atoms with Gasteiger partial charge < -0.3 is 24.6 Å². The molecule has 3 aromatic carbocycles. The maximum Gasteiger partial charge on any atom is 0.253 e. The fourth-order valence-electron chi connectivity index (χ4n) is 5.48. The number of likely N-dealkylation sites (tertiary alicyclic amines) is 1. The lowest BCUT2D eigenvalue weighted by atomic mass is 9.96. The number of carbonyl (C=O) groups is 2. The number of hydrogen-bond acceptors (Lipinski definition) is 5. The molecular formula is C32H37N3O4. The molecule has 0 aliphatic carbocycles. The zero-order valence-corrected chi connectivity index (χ0v) is 23.2. The molecule has 1 unspecified atom stereocenters. The molecular weight excluding hydrogens is 490 g/mol. The number of methoxy groups -OCH3 is 2. The molecule has 1 fully saturated rings. The summed E-state index contributed by atoms with van der Waals surface area (Å²) in [6.07, 6.45) is 5.41. The lowest BCUT2D eigenvalue weighted by Crippen LogP contribution is -2.54. The van der Waals surface area contributed by atoms with Crippen LogP contribution in [0.15, 0.2) is 48.5 Å². The number of nitrogens with zero attached hydrogens (tertiary/aromatic N) is 2. The Bertz CT molecular complexity index is 1510. The van der Waals surface area contributed by atoms with Gasteiger partial charge in [-0.05, 0) is 72.2 Å². The predicted molar refractivity (Wildman–Crippen MR) is 154 cm³/mol. The summed E-state index contributed by atoms with van der Waals surface area (Å²) in [6, 6.07) is 16.1. The SMILES string of the molecule is COCCNC(=O)c1ccc2c(c1C)=CN(CC1CN(C(=O)c3ccc4ccc(OC)cc4c3)C1)C(C)CC=2. The topological polar surface area (TPSA) is 71.1 Å². The van der Waals surface area contributed by atoms with Gasteiger partial charge in [-0.1, -0.05) is 24.3 Å². The van der Waals surface area contributed by atoms with Crippen LogP contribution in [0.5, 0.6) is 5.75 Å². The van der Waals surface area contributed by atoms with E-state index in [9.17, 15) is 9.59 Å². The highest BCUT2D eigenvalue weighted by atomic mass is 16.5. The highest BCUT2D eigenvalue weighted by molar-refractivity contribution is 5.99. The van der Waals surface area contributed by atoms with Gasteiger partial charge in [-0.2, -0.15) is 0 Å². The van der Waals surface area contributed by atoms with Crippen molar-refractivity contribution >= 4 is 34.9 Å². The van der Waals surface area contributed by atoms with E-state index in [2.05, 4.69) is 29.4 Å². The Hall–Kier alpha value is -3.84. The maximum atomic E-state index is 13.2. The standard InChI is InChI=1S/C32H37N3O4/c1-21-5-6-25-10-12-29(31(36)33-13-14-38-3)22(2)30(25)20-34(21)17-23-18-35(19-23)32(37)26-8-7-24-9-11-28(39-4)16-27(24)15-26/h6-12,15-16,20-21,23H,5,13-14,17-19H2,1-4H3,(H,33,36). The van der Waals surface area contributed by atoms with Gasteiger partial charge in [0.05, 0.1) is 13.7 Å². The number of carbonyl (C=O) groups excluding carboxylic acids is 2. The molecule has 0 spiro atoms. The van der Waals surface area contributed by atoms with E-state index < -0.39 is 0 Å². The molecule has 1 saturated heterocycles. The summed E-state index contributed by atoms with van der Waals surface area (Å²) in [6.45, 7) is 7.57. The van der Waals surface area contributed by atoms with Crippen LogP contribution < -0.4 is 20.5 Å². The second-order valence-corrected chi connectivity index (χ2v) is 10.6. The molecule has 2 aliphatic rings. The first-order valence-electron chi connectivity index (χ1n) is 13.6. The first kappa shape index (κ1) is 26.8. The van der Waals surface area contributed by atoms with Gasteiger partial charge in [0.25, 0.3) is 11.8 Å². The van der Waals surface area contributed by atoms with Gasteiger partial charge >= 0.3 is 0 Å². The van der Waals surface area contributed by atoms with Crippen LogP contribution in [0.4, 0.5) is 0 Å². The van der Waals surface area contributed by atoms with Gasteiger partial charge in [0, 0.05) is 67.8 Å². The number of hydrogen-bond donors (Lipinski definition) is 1. The molecule has 3 aromatic rings. The van der Waals surface area contributed by atoms with E-state index in [4.69, 9.17) is 9.47 Å². The van der Waals surface area contributed by atoms with Crippen LogP contribution in [0, 0.1) is 12.8 Å². The maximum absolute atomic E-state index is 13.2. The zero-order valence-electron chi connectivity index (χ0n) is 23.2. The Balaban J connectivity index is 1.28. The first-order valence-corrected chi connectivity index (χ1v) is 13.6. The van der Waals surface area contributed by atoms with Gasteiger partial charge in [0.15, 0.2) is 0 Å². The highest BCUT2D eigenvalue weighted by Gasteiger charge is 2.33. The summed E-state index contributed by atoms with van der Waals surface area (Å²) in [5.74, 6) is 1.18.